The molecule has 1 aliphatic rings. The Morgan fingerprint density at radius 2 is 2.41 bits per heavy atom. The predicted octanol–water partition coefficient (Wildman–Crippen LogP) is 3.31. The van der Waals surface area contributed by atoms with Crippen LogP contribution in [0.15, 0.2) is 4.52 Å². The van der Waals surface area contributed by atoms with Gasteiger partial charge in [-0.15, -0.1) is 0 Å². The second kappa shape index (κ2) is 6.48. The summed E-state index contributed by atoms with van der Waals surface area (Å²) in [5, 5.41) is 14.4. The molecular weight excluding hydrogens is 466 g/mol. The molecule has 0 fully saturated rings. The van der Waals surface area contributed by atoms with Crippen LogP contribution in [0.2, 0.25) is 0 Å². The molecule has 3 rings (SSSR count). The molecule has 2 N–H and O–H groups in total. The Labute approximate surface area is 144 Å². The van der Waals surface area contributed by atoms with E-state index in [1.54, 1.807) is 11.3 Å². The average molecular weight is 483 g/mol. The summed E-state index contributed by atoms with van der Waals surface area (Å²) in [4.78, 5) is 1.25. The maximum absolute atomic E-state index is 9.48. The topological polar surface area (TPSA) is 75.8 Å². The van der Waals surface area contributed by atoms with E-state index >= 15 is 0 Å². The first kappa shape index (κ1) is 15.6. The van der Waals surface area contributed by atoms with Crippen LogP contribution in [-0.2, 0) is 32.2 Å². The summed E-state index contributed by atoms with van der Waals surface area (Å²) in [6.45, 7) is 2.17. The molecule has 0 bridgehead atoms. The van der Waals surface area contributed by atoms with E-state index in [-0.39, 0.29) is 5.92 Å². The van der Waals surface area contributed by atoms with Crippen molar-refractivity contribution in [1.82, 2.24) is 5.16 Å². The third kappa shape index (κ3) is 2.49. The molecule has 0 aromatic carbocycles. The van der Waals surface area contributed by atoms with Gasteiger partial charge in [-0.2, -0.15) is 0 Å². The molecule has 1 aliphatic carbocycles. The number of aromatic nitrogens is 1. The van der Waals surface area contributed by atoms with Gasteiger partial charge in [0.2, 0.25) is 0 Å². The number of nitriles is 1. The van der Waals surface area contributed by atoms with Crippen LogP contribution in [0.1, 0.15) is 65.1 Å². The third-order valence-corrected chi connectivity index (χ3v) is 6.08. The molecule has 2 heterocycles. The molecule has 2 aromatic rings. The van der Waals surface area contributed by atoms with Crippen molar-refractivity contribution < 1.29 is 23.9 Å². The van der Waals surface area contributed by atoms with E-state index in [4.69, 9.17) is 10.3 Å². The van der Waals surface area contributed by atoms with Crippen molar-refractivity contribution >= 4 is 20.7 Å². The standard InChI is InChI=1S/C16H17N3OS.W/c1-3-5-10-9(2)19-20-15(10)11-6-4-7-13-14(11)12(8-17)16(18)21-13;/h2,11H,3-7,18H2,1H3;. The second-order valence-corrected chi connectivity index (χ2v) is 7.50. The first-order chi connectivity index (χ1) is 10.7. The van der Waals surface area contributed by atoms with E-state index in [9.17, 15) is 5.26 Å². The fraction of sp³-hybridized carbons (Fsp3) is 0.438. The van der Waals surface area contributed by atoms with Crippen LogP contribution in [-0.4, -0.2) is 9.56 Å². The molecule has 1 unspecified atom stereocenters. The van der Waals surface area contributed by atoms with E-state index in [2.05, 4.69) is 22.6 Å². The minimum atomic E-state index is 0.129. The Kier molecular flexibility index (Phi) is 4.61. The van der Waals surface area contributed by atoms with Gasteiger partial charge in [-0.1, -0.05) is 0 Å². The summed E-state index contributed by atoms with van der Waals surface area (Å²) >= 11 is 2.93. The summed E-state index contributed by atoms with van der Waals surface area (Å²) in [5.41, 5.74) is 9.98. The van der Waals surface area contributed by atoms with Gasteiger partial charge in [-0.05, 0) is 0 Å². The van der Waals surface area contributed by atoms with Crippen LogP contribution >= 0.6 is 11.3 Å². The number of hydrogen-bond acceptors (Lipinski definition) is 5. The van der Waals surface area contributed by atoms with Crippen molar-refractivity contribution in [1.29, 1.82) is 5.26 Å². The van der Waals surface area contributed by atoms with E-state index < -0.39 is 0 Å². The van der Waals surface area contributed by atoms with Crippen LogP contribution < -0.4 is 5.73 Å². The normalized spacial score (nSPS) is 17.0. The molecule has 1 atom stereocenters. The monoisotopic (exact) mass is 483 g/mol. The van der Waals surface area contributed by atoms with E-state index in [1.165, 1.54) is 29.8 Å². The van der Waals surface area contributed by atoms with Gasteiger partial charge >= 0.3 is 145 Å². The van der Waals surface area contributed by atoms with Crippen LogP contribution in [0, 0.1) is 11.3 Å². The van der Waals surface area contributed by atoms with E-state index in [0.717, 1.165) is 49.1 Å². The number of nitrogens with two attached hydrogens (primary N) is 1. The Morgan fingerprint density at radius 1 is 1.59 bits per heavy atom. The molecule has 0 saturated heterocycles. The summed E-state index contributed by atoms with van der Waals surface area (Å²) in [7, 11) is 0. The van der Waals surface area contributed by atoms with Crippen LogP contribution in [0.4, 0.5) is 5.00 Å². The van der Waals surface area contributed by atoms with Gasteiger partial charge in [0.1, 0.15) is 0 Å². The molecule has 0 saturated carbocycles. The van der Waals surface area contributed by atoms with Crippen molar-refractivity contribution in [3.05, 3.63) is 33.0 Å². The number of hydrogen-bond donors (Lipinski definition) is 1. The van der Waals surface area contributed by atoms with Crippen molar-refractivity contribution in [2.75, 3.05) is 5.73 Å². The van der Waals surface area contributed by atoms with Gasteiger partial charge in [0.05, 0.1) is 0 Å². The molecular formula is C16H17N3OSW. The van der Waals surface area contributed by atoms with Crippen molar-refractivity contribution in [3.63, 3.8) is 0 Å². The van der Waals surface area contributed by atoms with E-state index in [0.29, 0.717) is 10.6 Å². The summed E-state index contributed by atoms with van der Waals surface area (Å²) in [6, 6.07) is 2.30. The molecule has 6 heteroatoms. The van der Waals surface area contributed by atoms with Crippen LogP contribution in [0.3, 0.4) is 0 Å². The number of nitrogen functional groups attached to an aromatic ring is 1. The molecule has 2 aromatic heterocycles. The number of rotatable bonds is 4. The number of thiophene rings is 1. The molecule has 0 aliphatic heterocycles. The number of anilines is 1. The summed E-state index contributed by atoms with van der Waals surface area (Å²) in [5.74, 6) is 1.08. The van der Waals surface area contributed by atoms with Gasteiger partial charge in [0.15, 0.2) is 0 Å². The first-order valence-corrected chi connectivity index (χ1v) is 9.97. The quantitative estimate of drug-likeness (QED) is 0.725. The maximum atomic E-state index is 9.48. The molecule has 114 valence electrons. The van der Waals surface area contributed by atoms with Gasteiger partial charge in [-0.3, -0.25) is 0 Å². The molecule has 0 radical (unpaired) electrons. The molecule has 0 spiro atoms. The predicted molar refractivity (Wildman–Crippen MR) is 83.9 cm³/mol. The zero-order valence-corrected chi connectivity index (χ0v) is 16.1. The van der Waals surface area contributed by atoms with Gasteiger partial charge < -0.3 is 0 Å². The Morgan fingerprint density at radius 3 is 3.09 bits per heavy atom. The van der Waals surface area contributed by atoms with Crippen molar-refractivity contribution in [2.24, 2.45) is 0 Å². The van der Waals surface area contributed by atoms with Gasteiger partial charge in [0.25, 0.3) is 0 Å². The Bertz CT molecular complexity index is 756. The number of nitrogens with zero attached hydrogens (tertiary/aromatic N) is 2. The van der Waals surface area contributed by atoms with Gasteiger partial charge in [0, 0.05) is 0 Å². The van der Waals surface area contributed by atoms with Crippen LogP contribution in [0.5, 0.6) is 0 Å². The number of aryl methyl sites for hydroxylation is 1. The molecule has 4 nitrogen and oxygen atoms in total. The van der Waals surface area contributed by atoms with Crippen molar-refractivity contribution in [2.45, 2.75) is 44.9 Å². The molecule has 0 amide bonds. The van der Waals surface area contributed by atoms with Crippen LogP contribution in [0.25, 0.3) is 0 Å². The Hall–Kier alpha value is -1.24. The summed E-state index contributed by atoms with van der Waals surface area (Å²) in [6.07, 6.45) is 5.13. The second-order valence-electron chi connectivity index (χ2n) is 5.51. The Balaban J connectivity index is 2.14. The number of fused-ring (bicyclic) bond motifs is 1. The zero-order valence-electron chi connectivity index (χ0n) is 12.4. The van der Waals surface area contributed by atoms with Crippen molar-refractivity contribution in [3.8, 4) is 6.07 Å². The minimum absolute atomic E-state index is 0.129. The zero-order chi connectivity index (χ0) is 15.7. The summed E-state index contributed by atoms with van der Waals surface area (Å²) < 4.78 is 7.81. The third-order valence-electron chi connectivity index (χ3n) is 4.18. The fourth-order valence-corrected chi connectivity index (χ4v) is 5.05. The average Bonchev–Trinajstić information content (AvgIpc) is 3.07. The van der Waals surface area contributed by atoms with E-state index in [1.807, 2.05) is 0 Å². The fourth-order valence-electron chi connectivity index (χ4n) is 3.26. The first-order valence-electron chi connectivity index (χ1n) is 7.46. The van der Waals surface area contributed by atoms with Gasteiger partial charge in [-0.25, -0.2) is 0 Å². The SMILES string of the molecule is CCCc1c([CH]=[W])noc1C1CCCc2sc(N)c(C#N)c21. The molecule has 22 heavy (non-hydrogen) atoms.